The van der Waals surface area contributed by atoms with E-state index in [0.717, 1.165) is 37.7 Å². The number of carboxylic acids is 1. The number of hydrogen-bond donors (Lipinski definition) is 3. The Labute approximate surface area is 247 Å². The summed E-state index contributed by atoms with van der Waals surface area (Å²) in [5.41, 5.74) is -0.768. The number of halogens is 2. The Morgan fingerprint density at radius 3 is 2.45 bits per heavy atom. The third kappa shape index (κ3) is 5.67. The monoisotopic (exact) mass is 582 g/mol. The molecule has 3 atom stereocenters. The van der Waals surface area contributed by atoms with Gasteiger partial charge in [0.25, 0.3) is 5.91 Å². The number of rotatable bonds is 10. The minimum atomic E-state index is -1.93. The zero-order valence-corrected chi connectivity index (χ0v) is 25.2. The van der Waals surface area contributed by atoms with E-state index in [1.165, 1.54) is 6.07 Å². The van der Waals surface area contributed by atoms with Crippen molar-refractivity contribution in [2.24, 2.45) is 0 Å². The maximum Gasteiger partial charge on any atom is 0.313 e. The van der Waals surface area contributed by atoms with Gasteiger partial charge in [-0.1, -0.05) is 38.5 Å². The van der Waals surface area contributed by atoms with Crippen molar-refractivity contribution in [3.63, 3.8) is 0 Å². The van der Waals surface area contributed by atoms with Gasteiger partial charge in [-0.15, -0.1) is 0 Å². The molecule has 42 heavy (non-hydrogen) atoms. The van der Waals surface area contributed by atoms with Crippen molar-refractivity contribution in [1.82, 2.24) is 10.6 Å². The van der Waals surface area contributed by atoms with E-state index in [1.807, 2.05) is 26.0 Å². The van der Waals surface area contributed by atoms with Crippen LogP contribution in [0.3, 0.4) is 0 Å². The summed E-state index contributed by atoms with van der Waals surface area (Å²) >= 11 is 0. The molecular weight excluding hydrogens is 538 g/mol. The second-order valence-corrected chi connectivity index (χ2v) is 13.2. The van der Waals surface area contributed by atoms with Crippen LogP contribution in [0.25, 0.3) is 11.1 Å². The summed E-state index contributed by atoms with van der Waals surface area (Å²) in [6, 6.07) is 10.2. The highest BCUT2D eigenvalue weighted by Crippen LogP contribution is 2.46. The maximum absolute atomic E-state index is 15.7. The van der Waals surface area contributed by atoms with Crippen LogP contribution in [-0.4, -0.2) is 46.9 Å². The fourth-order valence-corrected chi connectivity index (χ4v) is 6.81. The second-order valence-electron chi connectivity index (χ2n) is 13.2. The van der Waals surface area contributed by atoms with E-state index in [4.69, 9.17) is 4.74 Å². The van der Waals surface area contributed by atoms with Gasteiger partial charge < -0.3 is 20.5 Å². The molecule has 0 bridgehead atoms. The predicted octanol–water partition coefficient (Wildman–Crippen LogP) is 6.80. The molecule has 6 nitrogen and oxygen atoms in total. The van der Waals surface area contributed by atoms with Crippen LogP contribution in [-0.2, 0) is 15.0 Å². The number of carbonyl (C=O) groups excluding carboxylic acids is 1. The molecule has 1 aliphatic heterocycles. The number of hydrogen-bond acceptors (Lipinski definition) is 4. The number of aliphatic carboxylic acids is 1. The maximum atomic E-state index is 15.7. The molecule has 3 aliphatic rings. The lowest BCUT2D eigenvalue weighted by atomic mass is 9.76. The molecule has 2 aromatic rings. The van der Waals surface area contributed by atoms with E-state index < -0.39 is 23.0 Å². The molecule has 5 rings (SSSR count). The summed E-state index contributed by atoms with van der Waals surface area (Å²) in [5, 5.41) is 16.1. The molecule has 1 saturated heterocycles. The largest absolute Gasteiger partial charge is 0.490 e. The van der Waals surface area contributed by atoms with Gasteiger partial charge in [0.15, 0.2) is 0 Å². The molecule has 228 valence electrons. The van der Waals surface area contributed by atoms with Crippen molar-refractivity contribution in [1.29, 1.82) is 0 Å². The van der Waals surface area contributed by atoms with E-state index in [-0.39, 0.29) is 42.4 Å². The van der Waals surface area contributed by atoms with Gasteiger partial charge in [-0.3, -0.25) is 9.59 Å². The van der Waals surface area contributed by atoms with Gasteiger partial charge in [-0.05, 0) is 93.2 Å². The van der Waals surface area contributed by atoms with Crippen LogP contribution < -0.4 is 15.4 Å². The molecule has 8 heteroatoms. The first-order chi connectivity index (χ1) is 19.9. The van der Waals surface area contributed by atoms with Crippen molar-refractivity contribution >= 4 is 11.9 Å². The molecule has 2 aliphatic carbocycles. The number of carboxylic acid groups (broad SMARTS) is 1. The zero-order chi connectivity index (χ0) is 30.3. The highest BCUT2D eigenvalue weighted by atomic mass is 19.1. The molecule has 2 aromatic carbocycles. The summed E-state index contributed by atoms with van der Waals surface area (Å²) in [5.74, 6) is -1.09. The molecule has 0 aromatic heterocycles. The highest BCUT2D eigenvalue weighted by molar-refractivity contribution is 5.86. The second kappa shape index (κ2) is 11.6. The molecule has 3 N–H and O–H groups in total. The molecule has 0 unspecified atom stereocenters. The molecule has 3 fully saturated rings. The first-order valence-electron chi connectivity index (χ1n) is 15.5. The van der Waals surface area contributed by atoms with Crippen molar-refractivity contribution in [3.05, 3.63) is 53.3 Å². The third-order valence-electron chi connectivity index (χ3n) is 10.2. The van der Waals surface area contributed by atoms with E-state index in [9.17, 15) is 14.7 Å². The molecule has 1 amide bonds. The molecule has 0 radical (unpaired) electrons. The SMILES string of the molecule is CCC1(CC)C[C@](F)(C(=O)N[C@@H]2CC[C@@H](Oc3ccc(C(C)(C)C(=O)O)cc3-c3cccc(F)c3C3CCC3)C2)CN1. The van der Waals surface area contributed by atoms with Crippen LogP contribution in [0.2, 0.25) is 0 Å². The van der Waals surface area contributed by atoms with Gasteiger partial charge in [0.2, 0.25) is 5.67 Å². The number of carbonyl (C=O) groups is 2. The highest BCUT2D eigenvalue weighted by Gasteiger charge is 2.52. The molecule has 0 spiro atoms. The number of benzene rings is 2. The van der Waals surface area contributed by atoms with Crippen LogP contribution >= 0.6 is 0 Å². The Kier molecular flexibility index (Phi) is 8.40. The fraction of sp³-hybridized carbons (Fsp3) is 0.588. The summed E-state index contributed by atoms with van der Waals surface area (Å²) in [6.45, 7) is 7.36. The summed E-state index contributed by atoms with van der Waals surface area (Å²) in [7, 11) is 0. The number of amides is 1. The lowest BCUT2D eigenvalue weighted by molar-refractivity contribution is -0.142. The third-order valence-corrected chi connectivity index (χ3v) is 10.2. The smallest absolute Gasteiger partial charge is 0.313 e. The average molecular weight is 583 g/mol. The summed E-state index contributed by atoms with van der Waals surface area (Å²) in [4.78, 5) is 25.1. The average Bonchev–Trinajstić information content (AvgIpc) is 3.53. The standard InChI is InChI=1S/C34H44F2N2O4/c1-5-33(6-2)19-34(36,20-37-33)30(39)38-23-14-15-24(18-23)42-28-16-13-22(32(3,4)31(40)41)17-26(28)25-11-8-12-27(35)29(25)21-9-7-10-21/h8,11-13,16-17,21,23-24,37H,5-7,9-10,14-15,18-20H2,1-4H3,(H,38,39)(H,40,41)/t23-,24-,34-/m1/s1. The van der Waals surface area contributed by atoms with E-state index in [0.29, 0.717) is 41.7 Å². The molecule has 2 saturated carbocycles. The first-order valence-corrected chi connectivity index (χ1v) is 15.5. The number of ether oxygens (including phenoxy) is 1. The summed E-state index contributed by atoms with van der Waals surface area (Å²) < 4.78 is 37.4. The Bertz CT molecular complexity index is 1340. The van der Waals surface area contributed by atoms with Gasteiger partial charge in [-0.2, -0.15) is 0 Å². The normalized spacial score (nSPS) is 25.7. The quantitative estimate of drug-likeness (QED) is 0.287. The van der Waals surface area contributed by atoms with Crippen molar-refractivity contribution < 1.29 is 28.2 Å². The van der Waals surface area contributed by atoms with E-state index in [2.05, 4.69) is 10.6 Å². The van der Waals surface area contributed by atoms with E-state index >= 15 is 8.78 Å². The minimum Gasteiger partial charge on any atom is -0.490 e. The minimum absolute atomic E-state index is 0.0204. The van der Waals surface area contributed by atoms with Crippen LogP contribution in [0.5, 0.6) is 5.75 Å². The van der Waals surface area contributed by atoms with Gasteiger partial charge in [0.05, 0.1) is 5.41 Å². The van der Waals surface area contributed by atoms with Crippen LogP contribution in [0.15, 0.2) is 36.4 Å². The number of nitrogens with one attached hydrogen (secondary N) is 2. The Hall–Kier alpha value is -3.00. The van der Waals surface area contributed by atoms with Crippen LogP contribution in [0.4, 0.5) is 8.78 Å². The van der Waals surface area contributed by atoms with Crippen molar-refractivity contribution in [3.8, 4) is 16.9 Å². The van der Waals surface area contributed by atoms with Gasteiger partial charge >= 0.3 is 5.97 Å². The summed E-state index contributed by atoms with van der Waals surface area (Å²) in [6.07, 6.45) is 6.23. The van der Waals surface area contributed by atoms with Gasteiger partial charge in [0.1, 0.15) is 17.7 Å². The first kappa shape index (κ1) is 30.5. The Balaban J connectivity index is 1.37. The van der Waals surface area contributed by atoms with Crippen LogP contribution in [0.1, 0.15) is 103 Å². The molecule has 1 heterocycles. The van der Waals surface area contributed by atoms with Gasteiger partial charge in [0, 0.05) is 36.5 Å². The fourth-order valence-electron chi connectivity index (χ4n) is 6.81. The van der Waals surface area contributed by atoms with E-state index in [1.54, 1.807) is 32.0 Å². The van der Waals surface area contributed by atoms with Crippen molar-refractivity contribution in [2.45, 2.75) is 120 Å². The van der Waals surface area contributed by atoms with Gasteiger partial charge in [-0.25, -0.2) is 8.78 Å². The number of alkyl halides is 1. The zero-order valence-electron chi connectivity index (χ0n) is 25.2. The lowest BCUT2D eigenvalue weighted by Crippen LogP contribution is -2.48. The van der Waals surface area contributed by atoms with Crippen LogP contribution in [0, 0.1) is 5.82 Å². The van der Waals surface area contributed by atoms with Crippen molar-refractivity contribution in [2.75, 3.05) is 6.54 Å². The predicted molar refractivity (Wildman–Crippen MR) is 159 cm³/mol. The Morgan fingerprint density at radius 1 is 1.10 bits per heavy atom. The topological polar surface area (TPSA) is 87.7 Å². The molecular formula is C34H44F2N2O4. The lowest BCUT2D eigenvalue weighted by Gasteiger charge is -2.30. The Morgan fingerprint density at radius 2 is 1.83 bits per heavy atom.